The number of ether oxygens (including phenoxy) is 3. The van der Waals surface area contributed by atoms with E-state index in [1.54, 1.807) is 37.3 Å². The summed E-state index contributed by atoms with van der Waals surface area (Å²) in [6, 6.07) is 9.83. The number of fused-ring (bicyclic) bond motifs is 2. The van der Waals surface area contributed by atoms with Gasteiger partial charge in [-0.2, -0.15) is 0 Å². The van der Waals surface area contributed by atoms with Crippen molar-refractivity contribution < 1.29 is 33.2 Å². The zero-order chi connectivity index (χ0) is 22.4. The molecule has 0 radical (unpaired) electrons. The Bertz CT molecular complexity index is 971. The molecular formula is C23H25ClF2O5. The summed E-state index contributed by atoms with van der Waals surface area (Å²) in [5.41, 5.74) is 0.287. The van der Waals surface area contributed by atoms with Crippen LogP contribution in [0.3, 0.4) is 0 Å². The summed E-state index contributed by atoms with van der Waals surface area (Å²) in [5, 5.41) is 21.2. The van der Waals surface area contributed by atoms with Gasteiger partial charge >= 0.3 is 0 Å². The summed E-state index contributed by atoms with van der Waals surface area (Å²) in [7, 11) is 0. The first kappa shape index (κ1) is 22.4. The minimum atomic E-state index is -1.64. The topological polar surface area (TPSA) is 68.2 Å². The van der Waals surface area contributed by atoms with E-state index in [1.807, 2.05) is 0 Å². The van der Waals surface area contributed by atoms with E-state index in [-0.39, 0.29) is 18.8 Å². The maximum atomic E-state index is 14.4. The van der Waals surface area contributed by atoms with Crippen LogP contribution in [0.25, 0.3) is 0 Å². The van der Waals surface area contributed by atoms with Gasteiger partial charge in [0.25, 0.3) is 0 Å². The zero-order valence-electron chi connectivity index (χ0n) is 17.3. The average molecular weight is 455 g/mol. The highest BCUT2D eigenvalue weighted by atomic mass is 35.5. The lowest BCUT2D eigenvalue weighted by atomic mass is 9.83. The summed E-state index contributed by atoms with van der Waals surface area (Å²) in [6.45, 7) is 3.23. The summed E-state index contributed by atoms with van der Waals surface area (Å²) < 4.78 is 45.7. The van der Waals surface area contributed by atoms with Gasteiger partial charge < -0.3 is 24.4 Å². The van der Waals surface area contributed by atoms with Gasteiger partial charge in [-0.25, -0.2) is 8.78 Å². The molecule has 2 bridgehead atoms. The highest BCUT2D eigenvalue weighted by Crippen LogP contribution is 2.51. The van der Waals surface area contributed by atoms with E-state index in [4.69, 9.17) is 25.8 Å². The molecule has 2 N–H and O–H groups in total. The van der Waals surface area contributed by atoms with E-state index < -0.39 is 35.6 Å². The number of alkyl halides is 1. The molecular weight excluding hydrogens is 430 g/mol. The Morgan fingerprint density at radius 3 is 2.71 bits per heavy atom. The molecule has 0 spiro atoms. The fourth-order valence-electron chi connectivity index (χ4n) is 4.34. The number of halogens is 3. The largest absolute Gasteiger partial charge is 0.491 e. The van der Waals surface area contributed by atoms with Gasteiger partial charge in [0, 0.05) is 17.0 Å². The molecule has 0 saturated carbocycles. The van der Waals surface area contributed by atoms with Crippen molar-refractivity contribution in [3.8, 4) is 5.75 Å². The molecule has 0 amide bonds. The smallest absolute Gasteiger partial charge is 0.198 e. The van der Waals surface area contributed by atoms with Gasteiger partial charge in [0.05, 0.1) is 19.3 Å². The van der Waals surface area contributed by atoms with Crippen molar-refractivity contribution >= 4 is 11.6 Å². The molecule has 5 atom stereocenters. The van der Waals surface area contributed by atoms with E-state index in [0.717, 1.165) is 0 Å². The van der Waals surface area contributed by atoms with E-state index in [1.165, 1.54) is 13.0 Å². The van der Waals surface area contributed by atoms with E-state index in [9.17, 15) is 19.0 Å². The van der Waals surface area contributed by atoms with Crippen molar-refractivity contribution in [1.29, 1.82) is 0 Å². The minimum absolute atomic E-state index is 0.0542. The molecule has 2 aromatic rings. The van der Waals surface area contributed by atoms with Crippen molar-refractivity contribution in [3.05, 3.63) is 63.9 Å². The SMILES string of the molecule is CCOc1ccc(Cc2cc([C@]34C[C@@H](O)[C@H](O)[C@]([C@@H](C)F)(CO3)O4)ccc2Cl)cc1F. The van der Waals surface area contributed by atoms with Crippen LogP contribution in [-0.4, -0.2) is 47.4 Å². The highest BCUT2D eigenvalue weighted by Gasteiger charge is 2.64. The molecule has 2 aliphatic heterocycles. The molecule has 168 valence electrons. The molecule has 0 unspecified atom stereocenters. The Balaban J connectivity index is 1.65. The van der Waals surface area contributed by atoms with Crippen molar-refractivity contribution in [2.75, 3.05) is 13.2 Å². The summed E-state index contributed by atoms with van der Waals surface area (Å²) in [6.07, 6.45) is -3.89. The highest BCUT2D eigenvalue weighted by molar-refractivity contribution is 6.31. The second-order valence-electron chi connectivity index (χ2n) is 8.11. The minimum Gasteiger partial charge on any atom is -0.491 e. The first-order chi connectivity index (χ1) is 14.7. The first-order valence-electron chi connectivity index (χ1n) is 10.3. The van der Waals surface area contributed by atoms with Gasteiger partial charge in [-0.05, 0) is 55.7 Å². The van der Waals surface area contributed by atoms with Crippen LogP contribution in [0.15, 0.2) is 36.4 Å². The van der Waals surface area contributed by atoms with Crippen LogP contribution in [0.4, 0.5) is 8.78 Å². The lowest BCUT2D eigenvalue weighted by Crippen LogP contribution is -2.61. The van der Waals surface area contributed by atoms with Crippen molar-refractivity contribution in [3.63, 3.8) is 0 Å². The fourth-order valence-corrected chi connectivity index (χ4v) is 4.52. The number of hydrogen-bond donors (Lipinski definition) is 2. The summed E-state index contributed by atoms with van der Waals surface area (Å²) in [4.78, 5) is 0. The Labute approximate surface area is 184 Å². The number of aliphatic hydroxyl groups excluding tert-OH is 2. The average Bonchev–Trinajstić information content (AvgIpc) is 3.08. The van der Waals surface area contributed by atoms with Gasteiger partial charge in [0.15, 0.2) is 23.0 Å². The Morgan fingerprint density at radius 1 is 1.26 bits per heavy atom. The molecule has 31 heavy (non-hydrogen) atoms. The standard InChI is InChI=1S/C23H25ClF2O5/c1-3-29-20-7-4-14(9-18(20)26)8-15-10-16(5-6-17(15)24)23-11-19(27)21(28)22(31-23,12-30-23)13(2)25/h4-7,9-10,13,19,21,27-28H,3,8,11-12H2,1-2H3/t13-,19-,21+,22-,23-/m1/s1. The molecule has 2 heterocycles. The molecule has 2 aliphatic rings. The van der Waals surface area contributed by atoms with Crippen LogP contribution in [0, 0.1) is 5.82 Å². The van der Waals surface area contributed by atoms with E-state index in [0.29, 0.717) is 34.7 Å². The Kier molecular flexibility index (Phi) is 6.00. The molecule has 0 aromatic heterocycles. The van der Waals surface area contributed by atoms with Crippen LogP contribution in [0.1, 0.15) is 37.0 Å². The Hall–Kier alpha value is -1.77. The first-order valence-corrected chi connectivity index (χ1v) is 10.6. The van der Waals surface area contributed by atoms with E-state index in [2.05, 4.69) is 0 Å². The van der Waals surface area contributed by atoms with Gasteiger partial charge in [0.1, 0.15) is 12.3 Å². The predicted molar refractivity (Wildman–Crippen MR) is 110 cm³/mol. The van der Waals surface area contributed by atoms with Gasteiger partial charge in [-0.3, -0.25) is 0 Å². The monoisotopic (exact) mass is 454 g/mol. The third-order valence-electron chi connectivity index (χ3n) is 6.08. The molecule has 4 rings (SSSR count). The summed E-state index contributed by atoms with van der Waals surface area (Å²) >= 11 is 6.39. The summed E-state index contributed by atoms with van der Waals surface area (Å²) in [5.74, 6) is -1.68. The van der Waals surface area contributed by atoms with Crippen LogP contribution in [0.5, 0.6) is 5.75 Å². The Morgan fingerprint density at radius 2 is 2.03 bits per heavy atom. The van der Waals surface area contributed by atoms with Gasteiger partial charge in [-0.1, -0.05) is 23.7 Å². The van der Waals surface area contributed by atoms with Crippen molar-refractivity contribution in [2.45, 2.75) is 56.5 Å². The fraction of sp³-hybridized carbons (Fsp3) is 0.478. The van der Waals surface area contributed by atoms with Gasteiger partial charge in [0.2, 0.25) is 0 Å². The maximum Gasteiger partial charge on any atom is 0.198 e. The normalized spacial score (nSPS) is 30.9. The number of rotatable bonds is 6. The molecule has 5 nitrogen and oxygen atoms in total. The second kappa shape index (κ2) is 8.30. The number of benzene rings is 2. The number of hydrogen-bond acceptors (Lipinski definition) is 5. The second-order valence-corrected chi connectivity index (χ2v) is 8.52. The third kappa shape index (κ3) is 3.83. The zero-order valence-corrected chi connectivity index (χ0v) is 18.0. The van der Waals surface area contributed by atoms with Gasteiger partial charge in [-0.15, -0.1) is 0 Å². The maximum absolute atomic E-state index is 14.4. The quantitative estimate of drug-likeness (QED) is 0.693. The van der Waals surface area contributed by atoms with Crippen molar-refractivity contribution in [2.24, 2.45) is 0 Å². The molecule has 2 fully saturated rings. The van der Waals surface area contributed by atoms with Crippen LogP contribution in [0.2, 0.25) is 5.02 Å². The third-order valence-corrected chi connectivity index (χ3v) is 6.45. The van der Waals surface area contributed by atoms with E-state index >= 15 is 0 Å². The van der Waals surface area contributed by atoms with Crippen molar-refractivity contribution in [1.82, 2.24) is 0 Å². The van der Waals surface area contributed by atoms with Crippen LogP contribution >= 0.6 is 11.6 Å². The molecule has 2 aromatic carbocycles. The van der Waals surface area contributed by atoms with Crippen LogP contribution in [-0.2, 0) is 21.7 Å². The molecule has 0 aliphatic carbocycles. The molecule has 2 saturated heterocycles. The predicted octanol–water partition coefficient (Wildman–Crippen LogP) is 3.89. The molecule has 8 heteroatoms. The van der Waals surface area contributed by atoms with Crippen LogP contribution < -0.4 is 4.74 Å². The lowest BCUT2D eigenvalue weighted by molar-refractivity contribution is -0.286. The lowest BCUT2D eigenvalue weighted by Gasteiger charge is -2.44. The number of aliphatic hydroxyl groups is 2.